The number of carbonyl (C=O) groups excluding carboxylic acids is 4. The van der Waals surface area contributed by atoms with Crippen LogP contribution in [0.1, 0.15) is 26.7 Å². The summed E-state index contributed by atoms with van der Waals surface area (Å²) in [6.07, 6.45) is -0.369. The molecule has 0 aliphatic rings. The molecule has 11 nitrogen and oxygen atoms in total. The molecule has 0 heterocycles. The zero-order valence-electron chi connectivity index (χ0n) is 15.2. The first-order valence-electron chi connectivity index (χ1n) is 8.22. The Labute approximate surface area is 162 Å². The lowest BCUT2D eigenvalue weighted by Gasteiger charge is -2.22. The molecule has 3 atom stereocenters. The summed E-state index contributed by atoms with van der Waals surface area (Å²) in [6.45, 7) is 3.20. The van der Waals surface area contributed by atoms with Gasteiger partial charge in [-0.3, -0.25) is 19.2 Å². The number of carbonyl (C=O) groups is 5. The topological polar surface area (TPSA) is 194 Å². The molecule has 0 saturated heterocycles. The molecule has 0 rings (SSSR count). The molecule has 4 amide bonds. The monoisotopic (exact) mass is 405 g/mol. The number of hydrogen-bond acceptors (Lipinski definition) is 7. The average molecular weight is 405 g/mol. The molecule has 0 fully saturated rings. The van der Waals surface area contributed by atoms with Gasteiger partial charge in [-0.15, -0.1) is 0 Å². The van der Waals surface area contributed by atoms with Crippen LogP contribution in [0.15, 0.2) is 0 Å². The van der Waals surface area contributed by atoms with Gasteiger partial charge in [0.1, 0.15) is 12.1 Å². The molecule has 0 unspecified atom stereocenters. The molecule has 12 heteroatoms. The summed E-state index contributed by atoms with van der Waals surface area (Å²) in [5.41, 5.74) is 10.4. The van der Waals surface area contributed by atoms with Gasteiger partial charge in [-0.2, -0.15) is 12.6 Å². The number of nitrogens with one attached hydrogen (secondary N) is 3. The van der Waals surface area contributed by atoms with Crippen LogP contribution in [0.5, 0.6) is 0 Å². The Kier molecular flexibility index (Phi) is 11.1. The third-order valence-electron chi connectivity index (χ3n) is 3.34. The van der Waals surface area contributed by atoms with Crippen LogP contribution in [-0.2, 0) is 24.0 Å². The minimum absolute atomic E-state index is 0.00679. The Morgan fingerprint density at radius 3 is 2.07 bits per heavy atom. The number of carboxylic acid groups (broad SMARTS) is 1. The number of aliphatic carboxylic acids is 1. The van der Waals surface area contributed by atoms with Gasteiger partial charge >= 0.3 is 5.97 Å². The third-order valence-corrected chi connectivity index (χ3v) is 3.73. The van der Waals surface area contributed by atoms with E-state index in [4.69, 9.17) is 16.6 Å². The van der Waals surface area contributed by atoms with Crippen molar-refractivity contribution in [3.8, 4) is 0 Å². The van der Waals surface area contributed by atoms with Gasteiger partial charge in [0.05, 0.1) is 19.0 Å². The zero-order valence-corrected chi connectivity index (χ0v) is 16.1. The number of carboxylic acids is 1. The second kappa shape index (κ2) is 12.1. The number of hydrogen-bond donors (Lipinski definition) is 7. The largest absolute Gasteiger partial charge is 0.480 e. The van der Waals surface area contributed by atoms with Gasteiger partial charge in [-0.05, 0) is 12.3 Å². The van der Waals surface area contributed by atoms with E-state index in [0.29, 0.717) is 0 Å². The van der Waals surface area contributed by atoms with E-state index in [1.807, 2.05) is 0 Å². The maximum atomic E-state index is 12.3. The number of primary amides is 1. The summed E-state index contributed by atoms with van der Waals surface area (Å²) in [7, 11) is 0. The van der Waals surface area contributed by atoms with Crippen molar-refractivity contribution in [2.24, 2.45) is 17.4 Å². The summed E-state index contributed by atoms with van der Waals surface area (Å²) < 4.78 is 0. The van der Waals surface area contributed by atoms with E-state index >= 15 is 0 Å². The average Bonchev–Trinajstić information content (AvgIpc) is 2.56. The van der Waals surface area contributed by atoms with Crippen molar-refractivity contribution >= 4 is 42.2 Å². The highest BCUT2D eigenvalue weighted by Gasteiger charge is 2.28. The third kappa shape index (κ3) is 10.4. The number of amides is 4. The van der Waals surface area contributed by atoms with Gasteiger partial charge in [-0.25, -0.2) is 4.79 Å². The maximum absolute atomic E-state index is 12.3. The molecule has 8 N–H and O–H groups in total. The first kappa shape index (κ1) is 24.7. The Morgan fingerprint density at radius 2 is 1.63 bits per heavy atom. The van der Waals surface area contributed by atoms with Crippen molar-refractivity contribution in [2.45, 2.75) is 44.8 Å². The highest BCUT2D eigenvalue weighted by atomic mass is 32.1. The Hall–Kier alpha value is -2.34. The van der Waals surface area contributed by atoms with Gasteiger partial charge < -0.3 is 32.5 Å². The number of rotatable bonds is 12. The quantitative estimate of drug-likeness (QED) is 0.172. The molecule has 0 aromatic heterocycles. The summed E-state index contributed by atoms with van der Waals surface area (Å²) in [5.74, 6) is -4.23. The van der Waals surface area contributed by atoms with Crippen molar-refractivity contribution in [1.82, 2.24) is 16.0 Å². The van der Waals surface area contributed by atoms with Gasteiger partial charge in [-0.1, -0.05) is 13.8 Å². The molecular weight excluding hydrogens is 378 g/mol. The smallest absolute Gasteiger partial charge is 0.326 e. The van der Waals surface area contributed by atoms with E-state index in [0.717, 1.165) is 0 Å². The summed E-state index contributed by atoms with van der Waals surface area (Å²) in [4.78, 5) is 57.9. The van der Waals surface area contributed by atoms with Crippen LogP contribution in [0.3, 0.4) is 0 Å². The van der Waals surface area contributed by atoms with Gasteiger partial charge in [0.25, 0.3) is 0 Å². The molecule has 154 valence electrons. The van der Waals surface area contributed by atoms with Crippen molar-refractivity contribution in [3.05, 3.63) is 0 Å². The molecule has 0 bridgehead atoms. The molecule has 0 spiro atoms. The van der Waals surface area contributed by atoms with Crippen molar-refractivity contribution in [2.75, 3.05) is 12.3 Å². The van der Waals surface area contributed by atoms with Gasteiger partial charge in [0.15, 0.2) is 0 Å². The van der Waals surface area contributed by atoms with Crippen molar-refractivity contribution in [1.29, 1.82) is 0 Å². The van der Waals surface area contributed by atoms with E-state index < -0.39 is 60.7 Å². The van der Waals surface area contributed by atoms with Crippen LogP contribution in [0.4, 0.5) is 0 Å². The van der Waals surface area contributed by atoms with Crippen LogP contribution >= 0.6 is 12.6 Å². The number of thiol groups is 1. The fourth-order valence-corrected chi connectivity index (χ4v) is 2.17. The van der Waals surface area contributed by atoms with E-state index in [1.54, 1.807) is 13.8 Å². The Morgan fingerprint density at radius 1 is 1.04 bits per heavy atom. The summed E-state index contributed by atoms with van der Waals surface area (Å²) in [5, 5.41) is 16.0. The minimum Gasteiger partial charge on any atom is -0.480 e. The molecule has 27 heavy (non-hydrogen) atoms. The fraction of sp³-hybridized carbons (Fsp3) is 0.667. The second-order valence-corrected chi connectivity index (χ2v) is 6.69. The lowest BCUT2D eigenvalue weighted by Crippen LogP contribution is -2.54. The summed E-state index contributed by atoms with van der Waals surface area (Å²) >= 11 is 3.87. The first-order chi connectivity index (χ1) is 12.5. The predicted molar refractivity (Wildman–Crippen MR) is 99.6 cm³/mol. The van der Waals surface area contributed by atoms with Crippen molar-refractivity contribution in [3.63, 3.8) is 0 Å². The number of nitrogens with two attached hydrogens (primary N) is 2. The van der Waals surface area contributed by atoms with E-state index in [-0.39, 0.29) is 18.1 Å². The van der Waals surface area contributed by atoms with Crippen molar-refractivity contribution < 1.29 is 29.1 Å². The normalized spacial score (nSPS) is 14.0. The Balaban J connectivity index is 4.92. The minimum atomic E-state index is -1.50. The van der Waals surface area contributed by atoms with Crippen LogP contribution in [0.25, 0.3) is 0 Å². The van der Waals surface area contributed by atoms with Crippen LogP contribution in [0, 0.1) is 5.92 Å². The van der Waals surface area contributed by atoms with Gasteiger partial charge in [0.2, 0.25) is 23.6 Å². The molecular formula is C15H27N5O6S. The van der Waals surface area contributed by atoms with E-state index in [9.17, 15) is 24.0 Å². The second-order valence-electron chi connectivity index (χ2n) is 6.33. The lowest BCUT2D eigenvalue weighted by atomic mass is 10.0. The van der Waals surface area contributed by atoms with Crippen LogP contribution in [0.2, 0.25) is 0 Å². The molecule has 0 aliphatic heterocycles. The van der Waals surface area contributed by atoms with Gasteiger partial charge in [0, 0.05) is 5.75 Å². The van der Waals surface area contributed by atoms with E-state index in [1.165, 1.54) is 0 Å². The first-order valence-corrected chi connectivity index (χ1v) is 8.86. The predicted octanol–water partition coefficient (Wildman–Crippen LogP) is -2.66. The molecule has 0 saturated carbocycles. The molecule has 0 radical (unpaired) electrons. The fourth-order valence-electron chi connectivity index (χ4n) is 2.00. The molecule has 0 aliphatic carbocycles. The van der Waals surface area contributed by atoms with E-state index in [2.05, 4.69) is 28.6 Å². The summed E-state index contributed by atoms with van der Waals surface area (Å²) in [6, 6.07) is -3.43. The van der Waals surface area contributed by atoms with Crippen LogP contribution in [-0.4, -0.2) is 65.1 Å². The zero-order chi connectivity index (χ0) is 21.1. The molecule has 0 aromatic rings. The Bertz CT molecular complexity index is 571. The highest BCUT2D eigenvalue weighted by Crippen LogP contribution is 2.06. The lowest BCUT2D eigenvalue weighted by molar-refractivity contribution is -0.143. The van der Waals surface area contributed by atoms with Crippen LogP contribution < -0.4 is 27.4 Å². The molecule has 0 aromatic carbocycles. The SMILES string of the molecule is CC(C)C[C@H](NC(=O)CNC(=O)[C@@H](N)CS)C(=O)N[C@@H](CC(N)=O)C(=O)O. The maximum Gasteiger partial charge on any atom is 0.326 e. The standard InChI is InChI=1S/C15H27N5O6S/c1-7(2)3-9(14(24)20-10(15(25)26)4-11(17)21)19-12(22)5-18-13(23)8(16)6-27/h7-10,27H,3-6,16H2,1-2H3,(H2,17,21)(H,18,23)(H,19,22)(H,20,24)(H,25,26)/t8-,9-,10-/m0/s1. The highest BCUT2D eigenvalue weighted by molar-refractivity contribution is 7.80.